The molecule has 1 aromatic carbocycles. The molecular formula is C13H14OS. The Morgan fingerprint density at radius 3 is 2.87 bits per heavy atom. The molecular weight excluding hydrogens is 204 g/mol. The molecule has 2 aromatic rings. The number of benzene rings is 1. The Kier molecular flexibility index (Phi) is 1.91. The van der Waals surface area contributed by atoms with E-state index in [1.54, 1.807) is 11.3 Å². The average molecular weight is 218 g/mol. The van der Waals surface area contributed by atoms with Gasteiger partial charge >= 0.3 is 0 Å². The maximum atomic E-state index is 9.56. The van der Waals surface area contributed by atoms with E-state index in [1.807, 2.05) is 0 Å². The number of hydrogen-bond donors (Lipinski definition) is 1. The summed E-state index contributed by atoms with van der Waals surface area (Å²) in [6.07, 6.45) is 1.13. The molecule has 0 spiro atoms. The maximum Gasteiger partial charge on any atom is 0.0531 e. The van der Waals surface area contributed by atoms with Crippen LogP contribution in [0.1, 0.15) is 18.9 Å². The van der Waals surface area contributed by atoms with Crippen LogP contribution in [0.2, 0.25) is 0 Å². The van der Waals surface area contributed by atoms with Crippen LogP contribution in [0.15, 0.2) is 29.6 Å². The van der Waals surface area contributed by atoms with E-state index in [2.05, 4.69) is 36.6 Å². The van der Waals surface area contributed by atoms with Crippen molar-refractivity contribution in [3.63, 3.8) is 0 Å². The predicted molar refractivity (Wildman–Crippen MR) is 64.4 cm³/mol. The van der Waals surface area contributed by atoms with Crippen molar-refractivity contribution in [2.45, 2.75) is 18.8 Å². The number of aliphatic hydroxyl groups excluding tert-OH is 1. The molecule has 1 N–H and O–H groups in total. The van der Waals surface area contributed by atoms with Gasteiger partial charge in [-0.3, -0.25) is 0 Å². The lowest BCUT2D eigenvalue weighted by atomic mass is 9.94. The van der Waals surface area contributed by atoms with Gasteiger partial charge in [0, 0.05) is 10.1 Å². The van der Waals surface area contributed by atoms with E-state index in [0.717, 1.165) is 6.42 Å². The second kappa shape index (κ2) is 3.06. The molecule has 15 heavy (non-hydrogen) atoms. The highest BCUT2D eigenvalue weighted by atomic mass is 32.1. The van der Waals surface area contributed by atoms with E-state index in [0.29, 0.717) is 5.92 Å². The lowest BCUT2D eigenvalue weighted by Gasteiger charge is -2.12. The van der Waals surface area contributed by atoms with Crippen molar-refractivity contribution in [1.82, 2.24) is 0 Å². The van der Waals surface area contributed by atoms with Crippen LogP contribution >= 0.6 is 11.3 Å². The van der Waals surface area contributed by atoms with E-state index >= 15 is 0 Å². The van der Waals surface area contributed by atoms with E-state index in [9.17, 15) is 5.11 Å². The maximum absolute atomic E-state index is 9.56. The summed E-state index contributed by atoms with van der Waals surface area (Å²) in [5.74, 6) is 0.625. The molecule has 2 atom stereocenters. The zero-order valence-corrected chi connectivity index (χ0v) is 9.55. The SMILES string of the molecule is CC1CC1(CO)c1csc2ccccc12. The molecule has 1 saturated carbocycles. The average Bonchev–Trinajstić information content (AvgIpc) is 2.76. The Hall–Kier alpha value is -0.860. The Bertz CT molecular complexity index is 498. The summed E-state index contributed by atoms with van der Waals surface area (Å²) in [5.41, 5.74) is 1.43. The van der Waals surface area contributed by atoms with Crippen molar-refractivity contribution < 1.29 is 5.11 Å². The molecule has 2 heteroatoms. The molecule has 1 heterocycles. The molecule has 3 rings (SSSR count). The molecule has 78 valence electrons. The molecule has 0 bridgehead atoms. The second-order valence-electron chi connectivity index (χ2n) is 4.56. The number of hydrogen-bond acceptors (Lipinski definition) is 2. The van der Waals surface area contributed by atoms with Gasteiger partial charge in [0.1, 0.15) is 0 Å². The Labute approximate surface area is 93.4 Å². The van der Waals surface area contributed by atoms with E-state index in [1.165, 1.54) is 15.6 Å². The minimum atomic E-state index is 0.0691. The summed E-state index contributed by atoms with van der Waals surface area (Å²) < 4.78 is 1.33. The topological polar surface area (TPSA) is 20.2 Å². The van der Waals surface area contributed by atoms with Gasteiger partial charge in [0.25, 0.3) is 0 Å². The van der Waals surface area contributed by atoms with E-state index in [4.69, 9.17) is 0 Å². The first-order valence-corrected chi connectivity index (χ1v) is 6.23. The van der Waals surface area contributed by atoms with E-state index in [-0.39, 0.29) is 12.0 Å². The van der Waals surface area contributed by atoms with Gasteiger partial charge in [-0.25, -0.2) is 0 Å². The van der Waals surface area contributed by atoms with Gasteiger partial charge in [-0.15, -0.1) is 11.3 Å². The molecule has 1 aliphatic carbocycles. The number of fused-ring (bicyclic) bond motifs is 1. The first kappa shape index (κ1) is 9.37. The smallest absolute Gasteiger partial charge is 0.0531 e. The zero-order valence-electron chi connectivity index (χ0n) is 8.73. The predicted octanol–water partition coefficient (Wildman–Crippen LogP) is 3.17. The van der Waals surface area contributed by atoms with Crippen molar-refractivity contribution in [1.29, 1.82) is 0 Å². The Morgan fingerprint density at radius 1 is 1.47 bits per heavy atom. The van der Waals surface area contributed by atoms with Crippen molar-refractivity contribution in [2.75, 3.05) is 6.61 Å². The van der Waals surface area contributed by atoms with Crippen molar-refractivity contribution in [3.8, 4) is 0 Å². The van der Waals surface area contributed by atoms with Crippen LogP contribution in [0.4, 0.5) is 0 Å². The van der Waals surface area contributed by atoms with Crippen LogP contribution in [-0.2, 0) is 5.41 Å². The summed E-state index contributed by atoms with van der Waals surface area (Å²) in [6, 6.07) is 8.48. The normalized spacial score (nSPS) is 29.6. The lowest BCUT2D eigenvalue weighted by Crippen LogP contribution is -2.13. The fourth-order valence-electron chi connectivity index (χ4n) is 2.53. The monoisotopic (exact) mass is 218 g/mol. The number of aliphatic hydroxyl groups is 1. The molecule has 2 unspecified atom stereocenters. The highest BCUT2D eigenvalue weighted by Gasteiger charge is 2.52. The first-order valence-electron chi connectivity index (χ1n) is 5.35. The standard InChI is InChI=1S/C13H14OS/c1-9-6-13(9,8-14)11-7-15-12-5-3-2-4-10(11)12/h2-5,7,9,14H,6,8H2,1H3. The van der Waals surface area contributed by atoms with Gasteiger partial charge < -0.3 is 5.11 Å². The number of thiophene rings is 1. The van der Waals surface area contributed by atoms with Crippen molar-refractivity contribution >= 4 is 21.4 Å². The highest BCUT2D eigenvalue weighted by Crippen LogP contribution is 2.56. The molecule has 0 amide bonds. The van der Waals surface area contributed by atoms with Crippen molar-refractivity contribution in [2.24, 2.45) is 5.92 Å². The highest BCUT2D eigenvalue weighted by molar-refractivity contribution is 7.17. The van der Waals surface area contributed by atoms with Crippen LogP contribution in [0.3, 0.4) is 0 Å². The third kappa shape index (κ3) is 1.18. The number of rotatable bonds is 2. The Morgan fingerprint density at radius 2 is 2.20 bits per heavy atom. The molecule has 1 fully saturated rings. The third-order valence-electron chi connectivity index (χ3n) is 3.75. The molecule has 0 radical (unpaired) electrons. The lowest BCUT2D eigenvalue weighted by molar-refractivity contribution is 0.248. The summed E-state index contributed by atoms with van der Waals surface area (Å²) in [4.78, 5) is 0. The first-order chi connectivity index (χ1) is 7.28. The minimum absolute atomic E-state index is 0.0691. The molecule has 1 nitrogen and oxygen atoms in total. The third-order valence-corrected chi connectivity index (χ3v) is 4.72. The van der Waals surface area contributed by atoms with Gasteiger partial charge in [-0.1, -0.05) is 25.1 Å². The van der Waals surface area contributed by atoms with Gasteiger partial charge in [0.05, 0.1) is 6.61 Å². The quantitative estimate of drug-likeness (QED) is 0.821. The minimum Gasteiger partial charge on any atom is -0.395 e. The van der Waals surface area contributed by atoms with Gasteiger partial charge in [0.15, 0.2) is 0 Å². The molecule has 1 aliphatic rings. The summed E-state index contributed by atoms with van der Waals surface area (Å²) >= 11 is 1.79. The fraction of sp³-hybridized carbons (Fsp3) is 0.385. The van der Waals surface area contributed by atoms with Crippen LogP contribution in [0.25, 0.3) is 10.1 Å². The largest absolute Gasteiger partial charge is 0.395 e. The summed E-state index contributed by atoms with van der Waals surface area (Å²) in [6.45, 7) is 2.51. The van der Waals surface area contributed by atoms with Crippen LogP contribution in [0, 0.1) is 5.92 Å². The molecule has 1 aromatic heterocycles. The summed E-state index contributed by atoms with van der Waals surface area (Å²) in [7, 11) is 0. The van der Waals surface area contributed by atoms with Crippen LogP contribution in [0.5, 0.6) is 0 Å². The van der Waals surface area contributed by atoms with Gasteiger partial charge in [-0.2, -0.15) is 0 Å². The second-order valence-corrected chi connectivity index (χ2v) is 5.48. The molecule has 0 aliphatic heterocycles. The summed E-state index contributed by atoms with van der Waals surface area (Å²) in [5, 5.41) is 13.1. The van der Waals surface area contributed by atoms with Crippen LogP contribution in [-0.4, -0.2) is 11.7 Å². The van der Waals surface area contributed by atoms with Crippen LogP contribution < -0.4 is 0 Å². The zero-order chi connectivity index (χ0) is 10.5. The van der Waals surface area contributed by atoms with Crippen molar-refractivity contribution in [3.05, 3.63) is 35.2 Å². The molecule has 0 saturated heterocycles. The van der Waals surface area contributed by atoms with Gasteiger partial charge in [0.2, 0.25) is 0 Å². The fourth-order valence-corrected chi connectivity index (χ4v) is 3.60. The Balaban J connectivity index is 2.20. The van der Waals surface area contributed by atoms with Gasteiger partial charge in [-0.05, 0) is 34.7 Å². The van der Waals surface area contributed by atoms with E-state index < -0.39 is 0 Å².